The molecule has 0 saturated heterocycles. The minimum Gasteiger partial charge on any atom is -0.489 e. The largest absolute Gasteiger partial charge is 0.489 e. The molecule has 0 fully saturated rings. The van der Waals surface area contributed by atoms with Crippen LogP contribution in [0.1, 0.15) is 70.4 Å². The number of nitro groups is 1. The zero-order valence-electron chi connectivity index (χ0n) is 22.0. The summed E-state index contributed by atoms with van der Waals surface area (Å²) in [5.41, 5.74) is 4.11. The first-order valence-electron chi connectivity index (χ1n) is 12.8. The van der Waals surface area contributed by atoms with Crippen LogP contribution in [0.5, 0.6) is 5.75 Å². The Morgan fingerprint density at radius 3 is 2.13 bits per heavy atom. The van der Waals surface area contributed by atoms with Gasteiger partial charge in [-0.2, -0.15) is 0 Å². The van der Waals surface area contributed by atoms with Crippen molar-refractivity contribution in [2.45, 2.75) is 65.9 Å². The van der Waals surface area contributed by atoms with Crippen LogP contribution in [-0.4, -0.2) is 16.5 Å². The van der Waals surface area contributed by atoms with Crippen LogP contribution < -0.4 is 10.1 Å². The summed E-state index contributed by atoms with van der Waals surface area (Å²) < 4.78 is 7.06. The number of hydrogen-bond donors (Lipinski definition) is 1. The number of Topliss-reactive ketones (excluding diaryl/α,β-unsaturated/α-hetero) is 2. The molecule has 2 aromatic rings. The summed E-state index contributed by atoms with van der Waals surface area (Å²) in [6, 6.07) is 11.9. The number of halogens is 1. The summed E-state index contributed by atoms with van der Waals surface area (Å²) in [7, 11) is 0. The van der Waals surface area contributed by atoms with Crippen LogP contribution in [-0.2, 0) is 16.2 Å². The fourth-order valence-corrected chi connectivity index (χ4v) is 6.38. The van der Waals surface area contributed by atoms with E-state index in [9.17, 15) is 19.7 Å². The lowest BCUT2D eigenvalue weighted by atomic mass is 9.64. The van der Waals surface area contributed by atoms with E-state index in [2.05, 4.69) is 48.9 Å². The van der Waals surface area contributed by atoms with E-state index in [1.54, 1.807) is 12.1 Å². The molecular formula is C30H31BrN2O5. The van der Waals surface area contributed by atoms with Crippen LogP contribution in [0.3, 0.4) is 0 Å². The fraction of sp³-hybridized carbons (Fsp3) is 0.400. The SMILES string of the molecule is CC1(C)CC(=O)C2=C(C1)NC1=C(C(=O)CC(C)(C)C1)C2c1cc(Br)ccc1OCc1cccc([N+](=O)[O-])c1. The highest BCUT2D eigenvalue weighted by Crippen LogP contribution is 2.52. The standard InChI is InChI=1S/C30H31BrN2O5/c1-29(2)12-21-27(23(34)14-29)26(28-22(32-21)13-30(3,4)15-24(28)35)20-11-18(31)8-9-25(20)38-16-17-6-5-7-19(10-17)33(36)37/h5-11,26,32H,12-16H2,1-4H3. The Labute approximate surface area is 230 Å². The molecule has 8 heteroatoms. The van der Waals surface area contributed by atoms with E-state index in [1.165, 1.54) is 12.1 Å². The number of ketones is 2. The van der Waals surface area contributed by atoms with Gasteiger partial charge in [0.2, 0.25) is 0 Å². The lowest BCUT2D eigenvalue weighted by Crippen LogP contribution is -2.42. The van der Waals surface area contributed by atoms with Gasteiger partial charge >= 0.3 is 0 Å². The van der Waals surface area contributed by atoms with Gasteiger partial charge in [0.25, 0.3) is 5.69 Å². The maximum Gasteiger partial charge on any atom is 0.269 e. The number of benzene rings is 2. The van der Waals surface area contributed by atoms with Gasteiger partial charge in [0, 0.05) is 63.5 Å². The zero-order valence-corrected chi connectivity index (χ0v) is 23.6. The number of nitro benzene ring substituents is 1. The predicted octanol–water partition coefficient (Wildman–Crippen LogP) is 6.91. The van der Waals surface area contributed by atoms with Crippen molar-refractivity contribution in [1.29, 1.82) is 0 Å². The number of carbonyl (C=O) groups is 2. The van der Waals surface area contributed by atoms with Gasteiger partial charge in [-0.3, -0.25) is 19.7 Å². The van der Waals surface area contributed by atoms with Crippen molar-refractivity contribution < 1.29 is 19.2 Å². The molecule has 2 aliphatic carbocycles. The molecular weight excluding hydrogens is 548 g/mol. The molecule has 0 atom stereocenters. The molecule has 0 radical (unpaired) electrons. The third kappa shape index (κ3) is 5.06. The average Bonchev–Trinajstić information content (AvgIpc) is 2.80. The maximum atomic E-state index is 13.7. The lowest BCUT2D eigenvalue weighted by molar-refractivity contribution is -0.384. The van der Waals surface area contributed by atoms with Gasteiger partial charge in [0.1, 0.15) is 12.4 Å². The molecule has 0 saturated carbocycles. The Morgan fingerprint density at radius 1 is 0.947 bits per heavy atom. The molecule has 0 aromatic heterocycles. The topological polar surface area (TPSA) is 98.5 Å². The van der Waals surface area contributed by atoms with Crippen LogP contribution in [0.2, 0.25) is 0 Å². The van der Waals surface area contributed by atoms with E-state index in [0.29, 0.717) is 48.1 Å². The summed E-state index contributed by atoms with van der Waals surface area (Å²) >= 11 is 3.58. The summed E-state index contributed by atoms with van der Waals surface area (Å²) in [5.74, 6) is 0.0942. The lowest BCUT2D eigenvalue weighted by Gasteiger charge is -2.44. The highest BCUT2D eigenvalue weighted by molar-refractivity contribution is 9.10. The van der Waals surface area contributed by atoms with Crippen molar-refractivity contribution in [3.05, 3.63) is 90.7 Å². The normalized spacial score (nSPS) is 20.6. The van der Waals surface area contributed by atoms with Crippen molar-refractivity contribution in [2.24, 2.45) is 10.8 Å². The number of hydrogen-bond acceptors (Lipinski definition) is 6. The van der Waals surface area contributed by atoms with Gasteiger partial charge < -0.3 is 10.1 Å². The number of dihydropyridines is 1. The smallest absolute Gasteiger partial charge is 0.269 e. The third-order valence-corrected chi connectivity index (χ3v) is 8.01. The van der Waals surface area contributed by atoms with Crippen LogP contribution in [0.25, 0.3) is 0 Å². The van der Waals surface area contributed by atoms with Gasteiger partial charge in [-0.25, -0.2) is 0 Å². The molecule has 0 unspecified atom stereocenters. The number of nitrogens with zero attached hydrogens (tertiary/aromatic N) is 1. The van der Waals surface area contributed by atoms with Gasteiger partial charge in [0.05, 0.1) is 4.92 Å². The molecule has 7 nitrogen and oxygen atoms in total. The maximum absolute atomic E-state index is 13.7. The quantitative estimate of drug-likeness (QED) is 0.305. The first-order valence-corrected chi connectivity index (χ1v) is 13.6. The monoisotopic (exact) mass is 578 g/mol. The molecule has 0 spiro atoms. The molecule has 0 amide bonds. The number of ether oxygens (including phenoxy) is 1. The van der Waals surface area contributed by atoms with E-state index < -0.39 is 10.8 Å². The van der Waals surface area contributed by atoms with E-state index in [4.69, 9.17) is 4.74 Å². The first kappa shape index (κ1) is 26.4. The van der Waals surface area contributed by atoms with Crippen molar-refractivity contribution in [3.8, 4) is 5.75 Å². The Morgan fingerprint density at radius 2 is 1.55 bits per heavy atom. The number of allylic oxidation sites excluding steroid dienone is 4. The molecule has 0 bridgehead atoms. The number of non-ortho nitro benzene ring substituents is 1. The van der Waals surface area contributed by atoms with Crippen molar-refractivity contribution in [3.63, 3.8) is 0 Å². The van der Waals surface area contributed by atoms with Gasteiger partial charge in [-0.1, -0.05) is 55.8 Å². The van der Waals surface area contributed by atoms with E-state index in [-0.39, 0.29) is 34.7 Å². The Bertz CT molecular complexity index is 1380. The second-order valence-corrected chi connectivity index (χ2v) is 13.0. The third-order valence-electron chi connectivity index (χ3n) is 7.52. The average molecular weight is 579 g/mol. The van der Waals surface area contributed by atoms with Crippen molar-refractivity contribution in [1.82, 2.24) is 5.32 Å². The van der Waals surface area contributed by atoms with Gasteiger partial charge in [-0.15, -0.1) is 0 Å². The molecule has 2 aromatic carbocycles. The van der Waals surface area contributed by atoms with Gasteiger partial charge in [-0.05, 0) is 47.4 Å². The summed E-state index contributed by atoms with van der Waals surface area (Å²) in [5, 5.41) is 14.8. The molecule has 1 N–H and O–H groups in total. The van der Waals surface area contributed by atoms with Crippen molar-refractivity contribution >= 4 is 33.2 Å². The second kappa shape index (κ2) is 9.49. The fourth-order valence-electron chi connectivity index (χ4n) is 6.00. The number of rotatable bonds is 5. The first-order chi connectivity index (χ1) is 17.8. The van der Waals surface area contributed by atoms with E-state index in [1.807, 2.05) is 18.2 Å². The Kier molecular flexibility index (Phi) is 6.58. The molecule has 198 valence electrons. The van der Waals surface area contributed by atoms with Crippen LogP contribution in [0.15, 0.2) is 69.5 Å². The summed E-state index contributed by atoms with van der Waals surface area (Å²) in [4.78, 5) is 38.1. The van der Waals surface area contributed by atoms with E-state index in [0.717, 1.165) is 21.4 Å². The van der Waals surface area contributed by atoms with Crippen molar-refractivity contribution in [2.75, 3.05) is 0 Å². The molecule has 38 heavy (non-hydrogen) atoms. The van der Waals surface area contributed by atoms with Crippen LogP contribution in [0, 0.1) is 20.9 Å². The van der Waals surface area contributed by atoms with Gasteiger partial charge in [0.15, 0.2) is 11.6 Å². The Balaban J connectivity index is 1.62. The molecule has 1 heterocycles. The molecule has 5 rings (SSSR count). The summed E-state index contributed by atoms with van der Waals surface area (Å²) in [6.07, 6.45) is 2.25. The minimum atomic E-state index is -0.536. The minimum absolute atomic E-state index is 0.00378. The number of nitrogens with one attached hydrogen (secondary N) is 1. The molecule has 1 aliphatic heterocycles. The van der Waals surface area contributed by atoms with Crippen LogP contribution in [0.4, 0.5) is 5.69 Å². The molecule has 3 aliphatic rings. The highest BCUT2D eigenvalue weighted by Gasteiger charge is 2.47. The van der Waals surface area contributed by atoms with E-state index >= 15 is 0 Å². The number of carbonyl (C=O) groups excluding carboxylic acids is 2. The zero-order chi connectivity index (χ0) is 27.4. The summed E-state index contributed by atoms with van der Waals surface area (Å²) in [6.45, 7) is 8.49. The predicted molar refractivity (Wildman–Crippen MR) is 148 cm³/mol. The highest BCUT2D eigenvalue weighted by atomic mass is 79.9. The Hall–Kier alpha value is -3.26. The van der Waals surface area contributed by atoms with Crippen LogP contribution >= 0.6 is 15.9 Å². The second-order valence-electron chi connectivity index (χ2n) is 12.1.